The van der Waals surface area contributed by atoms with Gasteiger partial charge >= 0.3 is 0 Å². The molecule has 0 unspecified atom stereocenters. The van der Waals surface area contributed by atoms with Crippen molar-refractivity contribution < 1.29 is 4.74 Å². The number of benzene rings is 2. The molecule has 0 amide bonds. The van der Waals surface area contributed by atoms with Gasteiger partial charge in [-0.3, -0.25) is 0 Å². The summed E-state index contributed by atoms with van der Waals surface area (Å²) in [5.41, 5.74) is 3.20. The van der Waals surface area contributed by atoms with E-state index in [1.165, 1.54) is 17.3 Å². The molecule has 2 aromatic carbocycles. The molecule has 6 heteroatoms. The fraction of sp³-hybridized carbons (Fsp3) is 0.261. The summed E-state index contributed by atoms with van der Waals surface area (Å²) in [6.07, 6.45) is 1.89. The Morgan fingerprint density at radius 1 is 1.03 bits per heavy atom. The number of nitriles is 1. The predicted molar refractivity (Wildman–Crippen MR) is 118 cm³/mol. The first-order chi connectivity index (χ1) is 13.8. The molecule has 0 aliphatic carbocycles. The summed E-state index contributed by atoms with van der Waals surface area (Å²) in [7, 11) is 0. The van der Waals surface area contributed by atoms with Crippen LogP contribution >= 0.6 is 23.4 Å². The molecule has 1 heterocycles. The molecule has 29 heavy (non-hydrogen) atoms. The number of aromatic nitrogens is 2. The van der Waals surface area contributed by atoms with Crippen molar-refractivity contribution in [2.45, 2.75) is 37.8 Å². The van der Waals surface area contributed by atoms with Crippen LogP contribution in [0.2, 0.25) is 5.02 Å². The number of thioether (sulfide) groups is 1. The summed E-state index contributed by atoms with van der Waals surface area (Å²) in [6.45, 7) is 6.75. The molecule has 0 saturated heterocycles. The van der Waals surface area contributed by atoms with Gasteiger partial charge in [0, 0.05) is 10.6 Å². The number of ether oxygens (including phenoxy) is 1. The predicted octanol–water partition coefficient (Wildman–Crippen LogP) is 6.27. The summed E-state index contributed by atoms with van der Waals surface area (Å²) in [4.78, 5) is 9.12. The molecule has 0 spiro atoms. The molecule has 0 aliphatic heterocycles. The first-order valence-electron chi connectivity index (χ1n) is 9.16. The van der Waals surface area contributed by atoms with E-state index in [-0.39, 0.29) is 12.0 Å². The van der Waals surface area contributed by atoms with Gasteiger partial charge in [-0.05, 0) is 41.5 Å². The van der Waals surface area contributed by atoms with Crippen LogP contribution in [0.3, 0.4) is 0 Å². The number of rotatable bonds is 5. The third-order valence-corrected chi connectivity index (χ3v) is 5.37. The van der Waals surface area contributed by atoms with Gasteiger partial charge in [0.1, 0.15) is 29.0 Å². The van der Waals surface area contributed by atoms with Crippen molar-refractivity contribution in [1.82, 2.24) is 9.97 Å². The van der Waals surface area contributed by atoms with Crippen molar-refractivity contribution in [3.8, 4) is 23.1 Å². The third-order valence-electron chi connectivity index (χ3n) is 4.43. The lowest BCUT2D eigenvalue weighted by molar-refractivity contribution is 0.294. The Hall–Kier alpha value is -2.55. The molecule has 0 atom stereocenters. The summed E-state index contributed by atoms with van der Waals surface area (Å²) < 4.78 is 5.90. The normalized spacial score (nSPS) is 11.2. The number of nitrogens with zero attached hydrogens (tertiary/aromatic N) is 3. The third kappa shape index (κ3) is 5.09. The summed E-state index contributed by atoms with van der Waals surface area (Å²) >= 11 is 7.41. The molecule has 3 aromatic rings. The highest BCUT2D eigenvalue weighted by Gasteiger charge is 2.16. The fourth-order valence-corrected chi connectivity index (χ4v) is 3.48. The molecule has 0 fully saturated rings. The maximum absolute atomic E-state index is 9.64. The second kappa shape index (κ2) is 8.86. The maximum atomic E-state index is 9.64. The SMILES string of the molecule is CSc1nc(COc2ccc(C(C)(C)C)cc2)nc(-c2ccc(Cl)cc2)c1C#N. The molecule has 0 aliphatic rings. The van der Waals surface area contributed by atoms with Crippen LogP contribution in [0.4, 0.5) is 0 Å². The number of halogens is 1. The van der Waals surface area contributed by atoms with E-state index in [2.05, 4.69) is 48.9 Å². The number of hydrogen-bond donors (Lipinski definition) is 0. The van der Waals surface area contributed by atoms with E-state index >= 15 is 0 Å². The van der Waals surface area contributed by atoms with E-state index in [9.17, 15) is 5.26 Å². The second-order valence-electron chi connectivity index (χ2n) is 7.55. The smallest absolute Gasteiger partial charge is 0.167 e. The molecule has 0 radical (unpaired) electrons. The summed E-state index contributed by atoms with van der Waals surface area (Å²) in [6, 6.07) is 17.6. The highest BCUT2D eigenvalue weighted by Crippen LogP contribution is 2.29. The quantitative estimate of drug-likeness (QED) is 0.357. The Morgan fingerprint density at radius 3 is 2.24 bits per heavy atom. The van der Waals surface area contributed by atoms with E-state index in [0.29, 0.717) is 27.1 Å². The van der Waals surface area contributed by atoms with Gasteiger partial charge < -0.3 is 4.74 Å². The minimum absolute atomic E-state index is 0.0928. The van der Waals surface area contributed by atoms with Gasteiger partial charge in [-0.25, -0.2) is 9.97 Å². The van der Waals surface area contributed by atoms with Gasteiger partial charge in [0.05, 0.1) is 5.69 Å². The van der Waals surface area contributed by atoms with Gasteiger partial charge in [-0.2, -0.15) is 5.26 Å². The molecular formula is C23H22ClN3OS. The van der Waals surface area contributed by atoms with Crippen LogP contribution in [0.5, 0.6) is 5.75 Å². The minimum Gasteiger partial charge on any atom is -0.486 e. The van der Waals surface area contributed by atoms with Gasteiger partial charge in [0.25, 0.3) is 0 Å². The van der Waals surface area contributed by atoms with Crippen molar-refractivity contribution >= 4 is 23.4 Å². The van der Waals surface area contributed by atoms with Gasteiger partial charge in [0.2, 0.25) is 0 Å². The zero-order valence-electron chi connectivity index (χ0n) is 16.9. The average molecular weight is 424 g/mol. The molecule has 0 N–H and O–H groups in total. The molecule has 0 bridgehead atoms. The summed E-state index contributed by atoms with van der Waals surface area (Å²) in [5.74, 6) is 1.28. The van der Waals surface area contributed by atoms with Crippen LogP contribution in [0, 0.1) is 11.3 Å². The lowest BCUT2D eigenvalue weighted by atomic mass is 9.87. The average Bonchev–Trinajstić information content (AvgIpc) is 2.71. The van der Waals surface area contributed by atoms with Crippen LogP contribution in [0.1, 0.15) is 37.7 Å². The highest BCUT2D eigenvalue weighted by molar-refractivity contribution is 7.98. The topological polar surface area (TPSA) is 58.8 Å². The summed E-state index contributed by atoms with van der Waals surface area (Å²) in [5, 5.41) is 10.9. The molecular weight excluding hydrogens is 402 g/mol. The van der Waals surface area contributed by atoms with Crippen LogP contribution in [-0.2, 0) is 12.0 Å². The van der Waals surface area contributed by atoms with E-state index in [1.54, 1.807) is 12.1 Å². The zero-order valence-corrected chi connectivity index (χ0v) is 18.4. The Labute approximate surface area is 180 Å². The van der Waals surface area contributed by atoms with Crippen molar-refractivity contribution in [3.63, 3.8) is 0 Å². The van der Waals surface area contributed by atoms with Gasteiger partial charge in [-0.15, -0.1) is 11.8 Å². The van der Waals surface area contributed by atoms with Crippen LogP contribution < -0.4 is 4.74 Å². The van der Waals surface area contributed by atoms with Crippen molar-refractivity contribution in [2.75, 3.05) is 6.26 Å². The number of hydrogen-bond acceptors (Lipinski definition) is 5. The van der Waals surface area contributed by atoms with E-state index < -0.39 is 0 Å². The Balaban J connectivity index is 1.89. The Morgan fingerprint density at radius 2 is 1.69 bits per heavy atom. The highest BCUT2D eigenvalue weighted by atomic mass is 35.5. The lowest BCUT2D eigenvalue weighted by Gasteiger charge is -2.19. The van der Waals surface area contributed by atoms with Crippen molar-refractivity contribution in [3.05, 3.63) is 70.5 Å². The molecule has 148 valence electrons. The molecule has 3 rings (SSSR count). The Kier molecular flexibility index (Phi) is 6.46. The van der Waals surface area contributed by atoms with E-state index in [1.807, 2.05) is 30.5 Å². The minimum atomic E-state index is 0.0928. The van der Waals surface area contributed by atoms with E-state index in [0.717, 1.165) is 11.3 Å². The maximum Gasteiger partial charge on any atom is 0.167 e. The molecule has 0 saturated carbocycles. The van der Waals surface area contributed by atoms with Gasteiger partial charge in [-0.1, -0.05) is 56.6 Å². The monoisotopic (exact) mass is 423 g/mol. The van der Waals surface area contributed by atoms with Gasteiger partial charge in [0.15, 0.2) is 5.82 Å². The molecule has 1 aromatic heterocycles. The Bertz CT molecular complexity index is 1040. The molecule has 4 nitrogen and oxygen atoms in total. The van der Waals surface area contributed by atoms with Crippen LogP contribution in [0.25, 0.3) is 11.3 Å². The lowest BCUT2D eigenvalue weighted by Crippen LogP contribution is -2.10. The van der Waals surface area contributed by atoms with Crippen molar-refractivity contribution in [1.29, 1.82) is 5.26 Å². The van der Waals surface area contributed by atoms with Crippen LogP contribution in [-0.4, -0.2) is 16.2 Å². The second-order valence-corrected chi connectivity index (χ2v) is 8.79. The first kappa shape index (κ1) is 21.2. The fourth-order valence-electron chi connectivity index (χ4n) is 2.81. The largest absolute Gasteiger partial charge is 0.486 e. The standard InChI is InChI=1S/C23H22ClN3OS/c1-23(2,3)16-7-11-18(12-8-16)28-14-20-26-21(15-5-9-17(24)10-6-15)19(13-25)22(27-20)29-4/h5-12H,14H2,1-4H3. The van der Waals surface area contributed by atoms with Crippen LogP contribution in [0.15, 0.2) is 53.6 Å². The van der Waals surface area contributed by atoms with Crippen molar-refractivity contribution in [2.24, 2.45) is 0 Å². The first-order valence-corrected chi connectivity index (χ1v) is 10.8. The zero-order chi connectivity index (χ0) is 21.0. The van der Waals surface area contributed by atoms with E-state index in [4.69, 9.17) is 16.3 Å².